The maximum atomic E-state index is 12.4. The third kappa shape index (κ3) is 3.09. The first-order valence-electron chi connectivity index (χ1n) is 7.04. The van der Waals surface area contributed by atoms with E-state index in [4.69, 9.17) is 5.11 Å². The van der Waals surface area contributed by atoms with E-state index in [1.165, 1.54) is 0 Å². The lowest BCUT2D eigenvalue weighted by Gasteiger charge is -2.38. The summed E-state index contributed by atoms with van der Waals surface area (Å²) in [7, 11) is 0. The Morgan fingerprint density at radius 1 is 1.35 bits per heavy atom. The summed E-state index contributed by atoms with van der Waals surface area (Å²) in [5, 5.41) is 11.6. The normalized spacial score (nSPS) is 25.4. The summed E-state index contributed by atoms with van der Waals surface area (Å²) in [6.45, 7) is 4.23. The first-order chi connectivity index (χ1) is 9.50. The number of nitrogens with zero attached hydrogens (tertiary/aromatic N) is 2. The van der Waals surface area contributed by atoms with Crippen LogP contribution in [0.1, 0.15) is 26.2 Å². The summed E-state index contributed by atoms with van der Waals surface area (Å²) in [5.41, 5.74) is 0. The second-order valence-electron chi connectivity index (χ2n) is 5.35. The summed E-state index contributed by atoms with van der Waals surface area (Å²) in [6, 6.07) is -1.22. The largest absolute Gasteiger partial charge is 0.481 e. The zero-order valence-corrected chi connectivity index (χ0v) is 11.7. The molecule has 2 fully saturated rings. The SMILES string of the molecule is CC(C(=O)N1CCCC1)N1CCNC(=O)C1CC(=O)O. The van der Waals surface area contributed by atoms with Crippen LogP contribution in [0.15, 0.2) is 0 Å². The molecule has 0 aromatic heterocycles. The molecule has 2 aliphatic rings. The highest BCUT2D eigenvalue weighted by Gasteiger charge is 2.38. The van der Waals surface area contributed by atoms with Gasteiger partial charge in [0.15, 0.2) is 0 Å². The van der Waals surface area contributed by atoms with Crippen molar-refractivity contribution in [1.29, 1.82) is 0 Å². The van der Waals surface area contributed by atoms with Crippen LogP contribution in [-0.4, -0.2) is 71.0 Å². The number of amides is 2. The molecule has 0 aromatic carbocycles. The number of hydrogen-bond acceptors (Lipinski definition) is 4. The van der Waals surface area contributed by atoms with E-state index in [0.29, 0.717) is 13.1 Å². The lowest BCUT2D eigenvalue weighted by Crippen LogP contribution is -2.61. The van der Waals surface area contributed by atoms with Crippen LogP contribution in [0.4, 0.5) is 0 Å². The van der Waals surface area contributed by atoms with Gasteiger partial charge in [-0.1, -0.05) is 0 Å². The third-order valence-corrected chi connectivity index (χ3v) is 4.01. The van der Waals surface area contributed by atoms with Gasteiger partial charge in [-0.3, -0.25) is 19.3 Å². The van der Waals surface area contributed by atoms with E-state index < -0.39 is 18.1 Å². The van der Waals surface area contributed by atoms with Gasteiger partial charge in [-0.15, -0.1) is 0 Å². The van der Waals surface area contributed by atoms with Crippen molar-refractivity contribution < 1.29 is 19.5 Å². The Kier molecular flexibility index (Phi) is 4.59. The number of rotatable bonds is 4. The van der Waals surface area contributed by atoms with Crippen LogP contribution in [0, 0.1) is 0 Å². The van der Waals surface area contributed by atoms with Gasteiger partial charge in [-0.25, -0.2) is 0 Å². The Morgan fingerprint density at radius 2 is 2.00 bits per heavy atom. The number of aliphatic carboxylic acids is 1. The number of hydrogen-bond donors (Lipinski definition) is 2. The molecule has 0 radical (unpaired) electrons. The summed E-state index contributed by atoms with van der Waals surface area (Å²) >= 11 is 0. The van der Waals surface area contributed by atoms with Crippen LogP contribution in [0.2, 0.25) is 0 Å². The molecule has 7 heteroatoms. The van der Waals surface area contributed by atoms with Gasteiger partial charge < -0.3 is 15.3 Å². The lowest BCUT2D eigenvalue weighted by atomic mass is 10.1. The van der Waals surface area contributed by atoms with Crippen LogP contribution in [0.3, 0.4) is 0 Å². The van der Waals surface area contributed by atoms with Crippen LogP contribution in [-0.2, 0) is 14.4 Å². The molecule has 112 valence electrons. The van der Waals surface area contributed by atoms with E-state index in [1.54, 1.807) is 16.7 Å². The number of carbonyl (C=O) groups excluding carboxylic acids is 2. The maximum absolute atomic E-state index is 12.4. The van der Waals surface area contributed by atoms with Crippen molar-refractivity contribution >= 4 is 17.8 Å². The van der Waals surface area contributed by atoms with E-state index in [9.17, 15) is 14.4 Å². The molecule has 2 rings (SSSR count). The molecule has 2 aliphatic heterocycles. The van der Waals surface area contributed by atoms with Gasteiger partial charge in [0.25, 0.3) is 0 Å². The Labute approximate surface area is 117 Å². The van der Waals surface area contributed by atoms with Crippen LogP contribution in [0.5, 0.6) is 0 Å². The number of nitrogens with one attached hydrogen (secondary N) is 1. The predicted molar refractivity (Wildman–Crippen MR) is 71.0 cm³/mol. The Hall–Kier alpha value is -1.63. The monoisotopic (exact) mass is 283 g/mol. The molecule has 2 atom stereocenters. The number of piperazine rings is 1. The predicted octanol–water partition coefficient (Wildman–Crippen LogP) is -0.728. The fourth-order valence-electron chi connectivity index (χ4n) is 2.91. The minimum absolute atomic E-state index is 0.00686. The van der Waals surface area contributed by atoms with Crippen molar-refractivity contribution in [3.8, 4) is 0 Å². The summed E-state index contributed by atoms with van der Waals surface area (Å²) in [6.07, 6.45) is 1.75. The third-order valence-electron chi connectivity index (χ3n) is 4.01. The maximum Gasteiger partial charge on any atom is 0.305 e. The standard InChI is InChI=1S/C13H21N3O4/c1-9(13(20)15-5-2-3-6-15)16-7-4-14-12(19)10(16)8-11(17)18/h9-10H,2-8H2,1H3,(H,14,19)(H,17,18). The zero-order chi connectivity index (χ0) is 14.7. The number of carbonyl (C=O) groups is 3. The minimum Gasteiger partial charge on any atom is -0.481 e. The van der Waals surface area contributed by atoms with Crippen molar-refractivity contribution in [3.05, 3.63) is 0 Å². The van der Waals surface area contributed by atoms with E-state index >= 15 is 0 Å². The Balaban J connectivity index is 2.08. The van der Waals surface area contributed by atoms with E-state index in [2.05, 4.69) is 5.32 Å². The average Bonchev–Trinajstić information content (AvgIpc) is 2.93. The van der Waals surface area contributed by atoms with Gasteiger partial charge in [0.1, 0.15) is 6.04 Å². The fraction of sp³-hybridized carbons (Fsp3) is 0.769. The molecule has 7 nitrogen and oxygen atoms in total. The molecule has 20 heavy (non-hydrogen) atoms. The summed E-state index contributed by atoms with van der Waals surface area (Å²) < 4.78 is 0. The first-order valence-corrected chi connectivity index (χ1v) is 7.04. The van der Waals surface area contributed by atoms with E-state index in [-0.39, 0.29) is 18.2 Å². The molecular formula is C13H21N3O4. The molecule has 0 aromatic rings. The van der Waals surface area contributed by atoms with Gasteiger partial charge >= 0.3 is 5.97 Å². The molecule has 0 spiro atoms. The quantitative estimate of drug-likeness (QED) is 0.710. The van der Waals surface area contributed by atoms with Gasteiger partial charge in [-0.2, -0.15) is 0 Å². The molecule has 0 aliphatic carbocycles. The van der Waals surface area contributed by atoms with Crippen molar-refractivity contribution in [2.24, 2.45) is 0 Å². The summed E-state index contributed by atoms with van der Waals surface area (Å²) in [5.74, 6) is -1.34. The number of carboxylic acids is 1. The first kappa shape index (κ1) is 14.8. The molecule has 0 bridgehead atoms. The van der Waals surface area contributed by atoms with Gasteiger partial charge in [0.2, 0.25) is 11.8 Å². The average molecular weight is 283 g/mol. The lowest BCUT2D eigenvalue weighted by molar-refractivity contribution is -0.147. The number of carboxylic acid groups (broad SMARTS) is 1. The van der Waals surface area contributed by atoms with Crippen molar-refractivity contribution in [2.75, 3.05) is 26.2 Å². The van der Waals surface area contributed by atoms with Crippen molar-refractivity contribution in [3.63, 3.8) is 0 Å². The van der Waals surface area contributed by atoms with Gasteiger partial charge in [0, 0.05) is 26.2 Å². The molecule has 2 unspecified atom stereocenters. The molecule has 2 heterocycles. The number of likely N-dealkylation sites (tertiary alicyclic amines) is 1. The fourth-order valence-corrected chi connectivity index (χ4v) is 2.91. The van der Waals surface area contributed by atoms with Gasteiger partial charge in [-0.05, 0) is 19.8 Å². The molecular weight excluding hydrogens is 262 g/mol. The molecule has 0 saturated carbocycles. The summed E-state index contributed by atoms with van der Waals surface area (Å²) in [4.78, 5) is 38.7. The second-order valence-corrected chi connectivity index (χ2v) is 5.35. The Morgan fingerprint density at radius 3 is 2.60 bits per heavy atom. The second kappa shape index (κ2) is 6.21. The minimum atomic E-state index is -1.03. The van der Waals surface area contributed by atoms with Gasteiger partial charge in [0.05, 0.1) is 12.5 Å². The van der Waals surface area contributed by atoms with E-state index in [0.717, 1.165) is 25.9 Å². The highest BCUT2D eigenvalue weighted by Crippen LogP contribution is 2.17. The van der Waals surface area contributed by atoms with Crippen molar-refractivity contribution in [1.82, 2.24) is 15.1 Å². The van der Waals surface area contributed by atoms with Crippen molar-refractivity contribution in [2.45, 2.75) is 38.3 Å². The van der Waals surface area contributed by atoms with Crippen LogP contribution >= 0.6 is 0 Å². The van der Waals surface area contributed by atoms with Crippen LogP contribution in [0.25, 0.3) is 0 Å². The topological polar surface area (TPSA) is 90.0 Å². The zero-order valence-electron chi connectivity index (χ0n) is 11.7. The Bertz CT molecular complexity index is 406. The molecule has 2 amide bonds. The highest BCUT2D eigenvalue weighted by atomic mass is 16.4. The van der Waals surface area contributed by atoms with Crippen LogP contribution < -0.4 is 5.32 Å². The van der Waals surface area contributed by atoms with E-state index in [1.807, 2.05) is 0 Å². The highest BCUT2D eigenvalue weighted by molar-refractivity contribution is 5.88. The smallest absolute Gasteiger partial charge is 0.305 e. The molecule has 2 N–H and O–H groups in total. The molecule has 2 saturated heterocycles.